The molecule has 3 heterocycles. The number of carbonyl (C=O) groups is 1. The number of carbonyl (C=O) groups excluding carboxylic acids is 1. The van der Waals surface area contributed by atoms with Gasteiger partial charge in [0, 0.05) is 36.6 Å². The fourth-order valence-corrected chi connectivity index (χ4v) is 4.01. The molecule has 1 amide bonds. The molecule has 3 rings (SSSR count). The predicted octanol–water partition coefficient (Wildman–Crippen LogP) is 1.25. The maximum Gasteiger partial charge on any atom is 0.252 e. The SMILES string of the molecule is C[C@@H](C(=O)N1CC[C@@H](N(C)Cc2cc(=O)[nH]c(N)n2)C1)c1cccs1. The fourth-order valence-electron chi connectivity index (χ4n) is 3.23. The average molecular weight is 361 g/mol. The first kappa shape index (κ1) is 17.6. The van der Waals surface area contributed by atoms with Crippen molar-refractivity contribution in [3.63, 3.8) is 0 Å². The van der Waals surface area contributed by atoms with E-state index < -0.39 is 0 Å². The molecule has 0 unspecified atom stereocenters. The molecule has 3 N–H and O–H groups in total. The van der Waals surface area contributed by atoms with Gasteiger partial charge in [0.05, 0.1) is 11.6 Å². The molecule has 8 heteroatoms. The van der Waals surface area contributed by atoms with Crippen LogP contribution in [-0.4, -0.2) is 51.9 Å². The van der Waals surface area contributed by atoms with E-state index in [4.69, 9.17) is 5.73 Å². The molecular weight excluding hydrogens is 338 g/mol. The number of rotatable bonds is 5. The Hall–Kier alpha value is -2.19. The Morgan fingerprint density at radius 1 is 1.60 bits per heavy atom. The number of likely N-dealkylation sites (N-methyl/N-ethyl adjacent to an activating group) is 1. The number of aromatic nitrogens is 2. The average Bonchev–Trinajstić information content (AvgIpc) is 3.24. The van der Waals surface area contributed by atoms with Crippen molar-refractivity contribution in [3.05, 3.63) is 44.5 Å². The van der Waals surface area contributed by atoms with Crippen molar-refractivity contribution in [1.29, 1.82) is 0 Å². The van der Waals surface area contributed by atoms with Crippen molar-refractivity contribution in [2.24, 2.45) is 0 Å². The number of likely N-dealkylation sites (tertiary alicyclic amines) is 1. The number of amides is 1. The van der Waals surface area contributed by atoms with Crippen LogP contribution in [0.15, 0.2) is 28.4 Å². The normalized spacial score (nSPS) is 18.7. The van der Waals surface area contributed by atoms with Crippen molar-refractivity contribution in [2.45, 2.75) is 31.8 Å². The molecule has 1 saturated heterocycles. The Labute approximate surface area is 150 Å². The minimum atomic E-state index is -0.246. The lowest BCUT2D eigenvalue weighted by atomic mass is 10.1. The molecule has 2 aromatic rings. The number of H-pyrrole nitrogens is 1. The van der Waals surface area contributed by atoms with E-state index in [1.54, 1.807) is 11.3 Å². The summed E-state index contributed by atoms with van der Waals surface area (Å²) in [6.45, 7) is 3.95. The number of nitrogen functional groups attached to an aromatic ring is 1. The molecule has 0 bridgehead atoms. The Morgan fingerprint density at radius 2 is 2.40 bits per heavy atom. The summed E-state index contributed by atoms with van der Waals surface area (Å²) in [5.41, 5.74) is 5.99. The number of thiophene rings is 1. The Kier molecular flexibility index (Phi) is 5.19. The van der Waals surface area contributed by atoms with Crippen molar-refractivity contribution < 1.29 is 4.79 Å². The zero-order chi connectivity index (χ0) is 18.0. The van der Waals surface area contributed by atoms with E-state index in [0.717, 1.165) is 17.8 Å². The van der Waals surface area contributed by atoms with Crippen molar-refractivity contribution in [3.8, 4) is 0 Å². The van der Waals surface area contributed by atoms with Gasteiger partial charge in [-0.25, -0.2) is 4.98 Å². The number of aromatic amines is 1. The maximum atomic E-state index is 12.7. The first-order valence-corrected chi connectivity index (χ1v) is 9.20. The zero-order valence-corrected chi connectivity index (χ0v) is 15.3. The van der Waals surface area contributed by atoms with E-state index in [2.05, 4.69) is 14.9 Å². The molecular formula is C17H23N5O2S. The summed E-state index contributed by atoms with van der Waals surface area (Å²) < 4.78 is 0. The lowest BCUT2D eigenvalue weighted by Crippen LogP contribution is -2.37. The van der Waals surface area contributed by atoms with Crippen LogP contribution in [0.2, 0.25) is 0 Å². The van der Waals surface area contributed by atoms with Crippen LogP contribution >= 0.6 is 11.3 Å². The number of nitrogens with zero attached hydrogens (tertiary/aromatic N) is 3. The van der Waals surface area contributed by atoms with E-state index in [0.29, 0.717) is 18.8 Å². The minimum Gasteiger partial charge on any atom is -0.369 e. The Bertz CT molecular complexity index is 789. The van der Waals surface area contributed by atoms with Crippen LogP contribution < -0.4 is 11.3 Å². The second-order valence-electron chi connectivity index (χ2n) is 6.50. The second-order valence-corrected chi connectivity index (χ2v) is 7.48. The third-order valence-electron chi connectivity index (χ3n) is 4.66. The number of hydrogen-bond acceptors (Lipinski definition) is 6. The smallest absolute Gasteiger partial charge is 0.252 e. The summed E-state index contributed by atoms with van der Waals surface area (Å²) in [6.07, 6.45) is 0.915. The van der Waals surface area contributed by atoms with E-state index in [1.165, 1.54) is 6.07 Å². The molecule has 134 valence electrons. The third-order valence-corrected chi connectivity index (χ3v) is 5.72. The lowest BCUT2D eigenvalue weighted by Gasteiger charge is -2.25. The molecule has 1 aliphatic rings. The van der Waals surface area contributed by atoms with Gasteiger partial charge in [-0.3, -0.25) is 19.5 Å². The lowest BCUT2D eigenvalue weighted by molar-refractivity contribution is -0.131. The summed E-state index contributed by atoms with van der Waals surface area (Å²) in [6, 6.07) is 5.70. The Balaban J connectivity index is 1.60. The molecule has 2 aromatic heterocycles. The molecule has 1 fully saturated rings. The monoisotopic (exact) mass is 361 g/mol. The van der Waals surface area contributed by atoms with Gasteiger partial charge in [0.15, 0.2) is 0 Å². The van der Waals surface area contributed by atoms with Crippen LogP contribution in [0.25, 0.3) is 0 Å². The molecule has 25 heavy (non-hydrogen) atoms. The molecule has 7 nitrogen and oxygen atoms in total. The first-order chi connectivity index (χ1) is 11.9. The maximum absolute atomic E-state index is 12.7. The van der Waals surface area contributed by atoms with E-state index in [9.17, 15) is 9.59 Å². The molecule has 2 atom stereocenters. The number of anilines is 1. The molecule has 0 aromatic carbocycles. The molecule has 0 spiro atoms. The van der Waals surface area contributed by atoms with Crippen molar-refractivity contribution in [1.82, 2.24) is 19.8 Å². The number of hydrogen-bond donors (Lipinski definition) is 2. The van der Waals surface area contributed by atoms with Gasteiger partial charge in [0.25, 0.3) is 5.56 Å². The van der Waals surface area contributed by atoms with Gasteiger partial charge in [-0.1, -0.05) is 6.07 Å². The summed E-state index contributed by atoms with van der Waals surface area (Å²) in [5.74, 6) is 0.207. The number of nitrogens with one attached hydrogen (secondary N) is 1. The van der Waals surface area contributed by atoms with Gasteiger partial charge in [-0.05, 0) is 31.8 Å². The van der Waals surface area contributed by atoms with E-state index in [1.807, 2.05) is 36.4 Å². The molecule has 1 aliphatic heterocycles. The highest BCUT2D eigenvalue weighted by atomic mass is 32.1. The van der Waals surface area contributed by atoms with Crippen LogP contribution in [0.3, 0.4) is 0 Å². The van der Waals surface area contributed by atoms with Crippen LogP contribution in [0.5, 0.6) is 0 Å². The highest BCUT2D eigenvalue weighted by Gasteiger charge is 2.31. The molecule has 0 aliphatic carbocycles. The van der Waals surface area contributed by atoms with Gasteiger partial charge in [0.2, 0.25) is 11.9 Å². The standard InChI is InChI=1S/C17H23N5O2S/c1-11(14-4-3-7-25-14)16(24)22-6-5-13(10-22)21(2)9-12-8-15(23)20-17(18)19-12/h3-4,7-8,11,13H,5-6,9-10H2,1-2H3,(H3,18,19,20,23)/t11-,13-/m1/s1. The van der Waals surface area contributed by atoms with E-state index >= 15 is 0 Å². The number of nitrogens with two attached hydrogens (primary N) is 1. The molecule has 0 radical (unpaired) electrons. The summed E-state index contributed by atoms with van der Waals surface area (Å²) in [7, 11) is 1.99. The fraction of sp³-hybridized carbons (Fsp3) is 0.471. The van der Waals surface area contributed by atoms with Gasteiger partial charge in [0.1, 0.15) is 0 Å². The highest BCUT2D eigenvalue weighted by Crippen LogP contribution is 2.25. The van der Waals surface area contributed by atoms with E-state index in [-0.39, 0.29) is 29.4 Å². The van der Waals surface area contributed by atoms with Crippen LogP contribution in [-0.2, 0) is 11.3 Å². The van der Waals surface area contributed by atoms with Gasteiger partial charge >= 0.3 is 0 Å². The highest BCUT2D eigenvalue weighted by molar-refractivity contribution is 7.10. The van der Waals surface area contributed by atoms with Gasteiger partial charge in [-0.2, -0.15) is 0 Å². The quantitative estimate of drug-likeness (QED) is 0.836. The third kappa shape index (κ3) is 4.08. The summed E-state index contributed by atoms with van der Waals surface area (Å²) >= 11 is 1.62. The van der Waals surface area contributed by atoms with Crippen LogP contribution in [0.1, 0.15) is 29.8 Å². The predicted molar refractivity (Wildman–Crippen MR) is 98.5 cm³/mol. The van der Waals surface area contributed by atoms with Crippen molar-refractivity contribution in [2.75, 3.05) is 25.9 Å². The molecule has 0 saturated carbocycles. The van der Waals surface area contributed by atoms with Crippen LogP contribution in [0, 0.1) is 0 Å². The Morgan fingerprint density at radius 3 is 3.08 bits per heavy atom. The van der Waals surface area contributed by atoms with Crippen LogP contribution in [0.4, 0.5) is 5.95 Å². The summed E-state index contributed by atoms with van der Waals surface area (Å²) in [5, 5.41) is 2.00. The minimum absolute atomic E-state index is 0.0989. The summed E-state index contributed by atoms with van der Waals surface area (Å²) in [4.78, 5) is 36.0. The van der Waals surface area contributed by atoms with Gasteiger partial charge in [-0.15, -0.1) is 11.3 Å². The zero-order valence-electron chi connectivity index (χ0n) is 14.4. The topological polar surface area (TPSA) is 95.3 Å². The van der Waals surface area contributed by atoms with Crippen molar-refractivity contribution >= 4 is 23.2 Å². The second kappa shape index (κ2) is 7.37. The first-order valence-electron chi connectivity index (χ1n) is 8.32. The van der Waals surface area contributed by atoms with Gasteiger partial charge < -0.3 is 10.6 Å². The largest absolute Gasteiger partial charge is 0.369 e.